The van der Waals surface area contributed by atoms with E-state index in [9.17, 15) is 5.11 Å². The second-order valence-corrected chi connectivity index (χ2v) is 5.85. The summed E-state index contributed by atoms with van der Waals surface area (Å²) in [6.45, 7) is 10.4. The molecule has 0 bridgehead atoms. The summed E-state index contributed by atoms with van der Waals surface area (Å²) in [6.07, 6.45) is 9.83. The molecule has 1 aliphatic heterocycles. The van der Waals surface area contributed by atoms with Crippen molar-refractivity contribution in [2.24, 2.45) is 0 Å². The van der Waals surface area contributed by atoms with Crippen molar-refractivity contribution in [3.8, 4) is 5.82 Å². The van der Waals surface area contributed by atoms with Crippen LogP contribution in [0.3, 0.4) is 0 Å². The van der Waals surface area contributed by atoms with Crippen LogP contribution < -0.4 is 0 Å². The maximum absolute atomic E-state index is 9.32. The van der Waals surface area contributed by atoms with E-state index in [1.165, 1.54) is 11.1 Å². The molecule has 5 nitrogen and oxygen atoms in total. The Hall–Kier alpha value is -1.98. The maximum Gasteiger partial charge on any atom is 0.140 e. The van der Waals surface area contributed by atoms with E-state index in [4.69, 9.17) is 0 Å². The molecule has 23 heavy (non-hydrogen) atoms. The predicted octanol–water partition coefficient (Wildman–Crippen LogP) is 2.64. The molecule has 1 fully saturated rings. The van der Waals surface area contributed by atoms with E-state index >= 15 is 0 Å². The predicted molar refractivity (Wildman–Crippen MR) is 92.6 cm³/mol. The molecule has 0 aromatic carbocycles. The van der Waals surface area contributed by atoms with Gasteiger partial charge in [-0.1, -0.05) is 12.2 Å². The van der Waals surface area contributed by atoms with E-state index in [2.05, 4.69) is 34.2 Å². The van der Waals surface area contributed by atoms with Gasteiger partial charge in [0.2, 0.25) is 0 Å². The number of aromatic nitrogens is 3. The minimum absolute atomic E-state index is 0.146. The first-order valence-corrected chi connectivity index (χ1v) is 7.98. The van der Waals surface area contributed by atoms with Gasteiger partial charge in [-0.05, 0) is 44.9 Å². The highest BCUT2D eigenvalue weighted by molar-refractivity contribution is 5.31. The van der Waals surface area contributed by atoms with Crippen molar-refractivity contribution in [3.63, 3.8) is 0 Å². The lowest BCUT2D eigenvalue weighted by Gasteiger charge is -2.35. The van der Waals surface area contributed by atoms with E-state index in [1.54, 1.807) is 6.20 Å². The number of aliphatic hydroxyl groups excluding tert-OH is 1. The lowest BCUT2D eigenvalue weighted by Crippen LogP contribution is -2.49. The zero-order valence-corrected chi connectivity index (χ0v) is 14.4. The highest BCUT2D eigenvalue weighted by atomic mass is 16.3. The molecule has 0 saturated carbocycles. The number of nitrogens with zero attached hydrogens (tertiary/aromatic N) is 4. The minimum atomic E-state index is -0.146. The van der Waals surface area contributed by atoms with Gasteiger partial charge in [-0.25, -0.2) is 9.97 Å². The van der Waals surface area contributed by atoms with E-state index < -0.39 is 0 Å². The van der Waals surface area contributed by atoms with E-state index in [1.807, 2.05) is 43.6 Å². The summed E-state index contributed by atoms with van der Waals surface area (Å²) in [4.78, 5) is 10.8. The largest absolute Gasteiger partial charge is 0.390 e. The second-order valence-electron chi connectivity index (χ2n) is 5.85. The van der Waals surface area contributed by atoms with Crippen LogP contribution in [0.25, 0.3) is 5.82 Å². The minimum Gasteiger partial charge on any atom is -0.390 e. The summed E-state index contributed by atoms with van der Waals surface area (Å²) in [6, 6.07) is 1.91. The molecule has 3 heterocycles. The zero-order chi connectivity index (χ0) is 16.8. The molecule has 3 rings (SSSR count). The Kier molecular flexibility index (Phi) is 6.07. The summed E-state index contributed by atoms with van der Waals surface area (Å²) in [5.41, 5.74) is 2.53. The molecule has 0 radical (unpaired) electrons. The van der Waals surface area contributed by atoms with Crippen LogP contribution in [0.2, 0.25) is 0 Å². The number of hydrogen-bond acceptors (Lipinski definition) is 4. The van der Waals surface area contributed by atoms with Gasteiger partial charge in [0.1, 0.15) is 11.6 Å². The molecule has 0 aliphatic carbocycles. The van der Waals surface area contributed by atoms with E-state index in [-0.39, 0.29) is 6.10 Å². The average molecular weight is 314 g/mol. The molecule has 1 saturated heterocycles. The number of likely N-dealkylation sites (tertiary alicyclic amines) is 1. The Bertz CT molecular complexity index is 653. The number of hydrogen-bond donors (Lipinski definition) is 1. The lowest BCUT2D eigenvalue weighted by atomic mass is 10.1. The second kappa shape index (κ2) is 8.04. The van der Waals surface area contributed by atoms with Gasteiger partial charge in [-0.3, -0.25) is 4.90 Å². The summed E-state index contributed by atoms with van der Waals surface area (Å²) in [5.74, 6) is 1.67. The summed E-state index contributed by atoms with van der Waals surface area (Å²) in [7, 11) is 0. The fraction of sp³-hybridized carbons (Fsp3) is 0.444. The quantitative estimate of drug-likeness (QED) is 0.885. The normalized spacial score (nSPS) is 15.3. The molecule has 1 N–H and O–H groups in total. The average Bonchev–Trinajstić information content (AvgIpc) is 2.87. The molecule has 5 heteroatoms. The van der Waals surface area contributed by atoms with Gasteiger partial charge in [0.25, 0.3) is 0 Å². The first-order valence-electron chi connectivity index (χ1n) is 7.98. The van der Waals surface area contributed by atoms with Crippen molar-refractivity contribution in [1.29, 1.82) is 0 Å². The molecule has 124 valence electrons. The van der Waals surface area contributed by atoms with E-state index in [0.29, 0.717) is 0 Å². The van der Waals surface area contributed by atoms with Crippen molar-refractivity contribution in [2.45, 2.75) is 40.3 Å². The summed E-state index contributed by atoms with van der Waals surface area (Å²) in [5, 5.41) is 9.32. The van der Waals surface area contributed by atoms with Crippen LogP contribution in [0.5, 0.6) is 0 Å². The number of β-amino-alcohol motifs (C(OH)–C–C–N with tert-alkyl or cyclic N) is 1. The van der Waals surface area contributed by atoms with E-state index in [0.717, 1.165) is 31.3 Å². The van der Waals surface area contributed by atoms with Crippen LogP contribution in [0, 0.1) is 13.8 Å². The van der Waals surface area contributed by atoms with Crippen LogP contribution in [0.4, 0.5) is 0 Å². The molecule has 2 aromatic rings. The number of rotatable bonds is 3. The van der Waals surface area contributed by atoms with Gasteiger partial charge in [0.15, 0.2) is 0 Å². The van der Waals surface area contributed by atoms with Crippen LogP contribution in [0.1, 0.15) is 30.8 Å². The van der Waals surface area contributed by atoms with Crippen molar-refractivity contribution in [1.82, 2.24) is 19.4 Å². The van der Waals surface area contributed by atoms with Crippen LogP contribution in [-0.2, 0) is 6.54 Å². The Balaban J connectivity index is 0.000000433. The highest BCUT2D eigenvalue weighted by Gasteiger charge is 2.24. The molecule has 2 aromatic heterocycles. The first kappa shape index (κ1) is 17.4. The lowest BCUT2D eigenvalue weighted by molar-refractivity contribution is -0.00295. The molecule has 0 unspecified atom stereocenters. The number of aliphatic hydroxyl groups is 1. The number of allylic oxidation sites excluding steroid dienone is 2. The van der Waals surface area contributed by atoms with Crippen LogP contribution in [0.15, 0.2) is 36.8 Å². The smallest absolute Gasteiger partial charge is 0.140 e. The highest BCUT2D eigenvalue weighted by Crippen LogP contribution is 2.18. The van der Waals surface area contributed by atoms with Crippen molar-refractivity contribution < 1.29 is 5.11 Å². The zero-order valence-electron chi connectivity index (χ0n) is 14.4. The van der Waals surface area contributed by atoms with Crippen molar-refractivity contribution in [2.75, 3.05) is 13.1 Å². The molecular formula is C18H26N4O. The molecule has 1 aliphatic rings. The molecule has 0 atom stereocenters. The maximum atomic E-state index is 9.32. The number of aryl methyl sites for hydroxylation is 2. The van der Waals surface area contributed by atoms with Gasteiger partial charge in [-0.2, -0.15) is 0 Å². The van der Waals surface area contributed by atoms with Gasteiger partial charge in [-0.15, -0.1) is 0 Å². The molecule has 0 amide bonds. The Morgan fingerprint density at radius 3 is 2.48 bits per heavy atom. The summed E-state index contributed by atoms with van der Waals surface area (Å²) >= 11 is 0. The first-order chi connectivity index (χ1) is 11.0. The Morgan fingerprint density at radius 1 is 1.22 bits per heavy atom. The molecule has 0 spiro atoms. The third-order valence-corrected chi connectivity index (χ3v) is 3.83. The topological polar surface area (TPSA) is 54.2 Å². The van der Waals surface area contributed by atoms with Crippen LogP contribution in [-0.4, -0.2) is 43.7 Å². The fourth-order valence-electron chi connectivity index (χ4n) is 2.40. The van der Waals surface area contributed by atoms with Gasteiger partial charge >= 0.3 is 0 Å². The fourth-order valence-corrected chi connectivity index (χ4v) is 2.40. The Labute approximate surface area is 138 Å². The molecular weight excluding hydrogens is 288 g/mol. The van der Waals surface area contributed by atoms with Gasteiger partial charge in [0, 0.05) is 38.2 Å². The van der Waals surface area contributed by atoms with Gasteiger partial charge in [0.05, 0.1) is 6.10 Å². The standard InChI is InChI=1S/C14H18N4O.C4H8/c1-10-5-18(14-3-4-15-11(2)16-14)7-12(10)6-17-8-13(19)9-17;1-3-4-2/h3-5,7,13,19H,6,8-9H2,1-2H3;3-4H,1-2H3/b;4-3-. The van der Waals surface area contributed by atoms with Crippen LogP contribution >= 0.6 is 0 Å². The van der Waals surface area contributed by atoms with Crippen molar-refractivity contribution in [3.05, 3.63) is 53.8 Å². The van der Waals surface area contributed by atoms with Crippen molar-refractivity contribution >= 4 is 0 Å². The monoisotopic (exact) mass is 314 g/mol. The SMILES string of the molecule is C/C=C\C.Cc1nccc(-n2cc(C)c(CN3CC(O)C3)c2)n1. The third kappa shape index (κ3) is 4.74. The Morgan fingerprint density at radius 2 is 1.91 bits per heavy atom. The van der Waals surface area contributed by atoms with Gasteiger partial charge < -0.3 is 9.67 Å². The third-order valence-electron chi connectivity index (χ3n) is 3.83. The summed E-state index contributed by atoms with van der Waals surface area (Å²) < 4.78 is 2.04.